The maximum absolute atomic E-state index is 11.4. The maximum atomic E-state index is 11.4. The number of nitrogens with zero attached hydrogens (tertiary/aromatic N) is 1. The van der Waals surface area contributed by atoms with Crippen molar-refractivity contribution in [2.24, 2.45) is 0 Å². The quantitative estimate of drug-likeness (QED) is 0.583. The van der Waals surface area contributed by atoms with E-state index in [2.05, 4.69) is 0 Å². The highest BCUT2D eigenvalue weighted by Crippen LogP contribution is 2.25. The molecule has 1 aromatic carbocycles. The van der Waals surface area contributed by atoms with E-state index < -0.39 is 11.0 Å². The Balaban J connectivity index is 2.93. The number of nitro groups is 1. The molecular formula is C12H15NO4. The molecular weight excluding hydrogens is 222 g/mol. The van der Waals surface area contributed by atoms with E-state index >= 15 is 0 Å². The zero-order chi connectivity index (χ0) is 13.0. The summed E-state index contributed by atoms with van der Waals surface area (Å²) in [7, 11) is 0. The number of hydrogen-bond acceptors (Lipinski definition) is 4. The Kier molecular flexibility index (Phi) is 4.20. The number of ether oxygens (including phenoxy) is 1. The Labute approximate surface area is 99.5 Å². The predicted molar refractivity (Wildman–Crippen MR) is 63.2 cm³/mol. The molecule has 0 fully saturated rings. The van der Waals surface area contributed by atoms with Crippen LogP contribution in [0.1, 0.15) is 25.8 Å². The summed E-state index contributed by atoms with van der Waals surface area (Å²) in [4.78, 5) is 21.5. The van der Waals surface area contributed by atoms with Gasteiger partial charge in [0.25, 0.3) is 5.69 Å². The number of carbonyl (C=O) groups excluding carboxylic acids is 1. The van der Waals surface area contributed by atoms with Crippen LogP contribution in [0.3, 0.4) is 0 Å². The van der Waals surface area contributed by atoms with Gasteiger partial charge in [0.15, 0.2) is 11.9 Å². The van der Waals surface area contributed by atoms with Gasteiger partial charge in [-0.3, -0.25) is 14.9 Å². The molecule has 5 nitrogen and oxygen atoms in total. The molecule has 0 saturated carbocycles. The molecule has 1 rings (SSSR count). The van der Waals surface area contributed by atoms with Gasteiger partial charge in [-0.25, -0.2) is 0 Å². The third-order valence-corrected chi connectivity index (χ3v) is 2.49. The molecule has 0 saturated heterocycles. The third-order valence-electron chi connectivity index (χ3n) is 2.49. The van der Waals surface area contributed by atoms with Crippen LogP contribution in [0.4, 0.5) is 5.69 Å². The van der Waals surface area contributed by atoms with E-state index in [0.29, 0.717) is 12.2 Å². The van der Waals surface area contributed by atoms with Crippen LogP contribution in [0.5, 0.6) is 5.75 Å². The van der Waals surface area contributed by atoms with Crippen molar-refractivity contribution in [2.45, 2.75) is 33.3 Å². The molecule has 0 spiro atoms. The second-order valence-corrected chi connectivity index (χ2v) is 3.79. The van der Waals surface area contributed by atoms with Gasteiger partial charge in [-0.15, -0.1) is 0 Å². The molecule has 0 aliphatic heterocycles. The van der Waals surface area contributed by atoms with Gasteiger partial charge in [-0.2, -0.15) is 0 Å². The second kappa shape index (κ2) is 5.43. The first-order chi connectivity index (χ1) is 7.95. The van der Waals surface area contributed by atoms with Gasteiger partial charge >= 0.3 is 0 Å². The van der Waals surface area contributed by atoms with Gasteiger partial charge in [-0.1, -0.05) is 6.92 Å². The number of hydrogen-bond donors (Lipinski definition) is 0. The van der Waals surface area contributed by atoms with E-state index in [0.717, 1.165) is 5.56 Å². The molecule has 0 N–H and O–H groups in total. The van der Waals surface area contributed by atoms with Crippen LogP contribution in [0.2, 0.25) is 0 Å². The minimum Gasteiger partial charge on any atom is -0.482 e. The molecule has 0 heterocycles. The standard InChI is InChI=1S/C12H15NO4/c1-4-11(14)9(3)17-12-7-10(13(15)16)6-5-8(12)2/h5-7,9H,4H2,1-3H3. The van der Waals surface area contributed by atoms with Crippen LogP contribution in [0, 0.1) is 17.0 Å². The first kappa shape index (κ1) is 13.2. The Morgan fingerprint density at radius 2 is 2.18 bits per heavy atom. The SMILES string of the molecule is CCC(=O)C(C)Oc1cc([N+](=O)[O-])ccc1C. The normalized spacial score (nSPS) is 11.9. The van der Waals surface area contributed by atoms with Crippen molar-refractivity contribution in [1.82, 2.24) is 0 Å². The lowest BCUT2D eigenvalue weighted by atomic mass is 10.2. The zero-order valence-corrected chi connectivity index (χ0v) is 10.1. The summed E-state index contributed by atoms with van der Waals surface area (Å²) >= 11 is 0. The summed E-state index contributed by atoms with van der Waals surface area (Å²) in [6.07, 6.45) is -0.199. The fourth-order valence-electron chi connectivity index (χ4n) is 1.37. The number of carbonyl (C=O) groups is 1. The van der Waals surface area contributed by atoms with Gasteiger partial charge in [0.1, 0.15) is 5.75 Å². The Morgan fingerprint density at radius 3 is 2.71 bits per heavy atom. The van der Waals surface area contributed by atoms with E-state index in [1.807, 2.05) is 0 Å². The van der Waals surface area contributed by atoms with E-state index in [-0.39, 0.29) is 11.5 Å². The molecule has 1 unspecified atom stereocenters. The monoisotopic (exact) mass is 237 g/mol. The zero-order valence-electron chi connectivity index (χ0n) is 10.1. The van der Waals surface area contributed by atoms with E-state index in [1.165, 1.54) is 12.1 Å². The molecule has 0 aliphatic rings. The smallest absolute Gasteiger partial charge is 0.273 e. The average molecular weight is 237 g/mol. The Hall–Kier alpha value is -1.91. The van der Waals surface area contributed by atoms with Crippen molar-refractivity contribution in [3.05, 3.63) is 33.9 Å². The van der Waals surface area contributed by atoms with Crippen molar-refractivity contribution < 1.29 is 14.5 Å². The van der Waals surface area contributed by atoms with E-state index in [9.17, 15) is 14.9 Å². The van der Waals surface area contributed by atoms with Crippen molar-refractivity contribution >= 4 is 11.5 Å². The molecule has 0 amide bonds. The number of non-ortho nitro benzene ring substituents is 1. The molecule has 1 atom stereocenters. The maximum Gasteiger partial charge on any atom is 0.273 e. The lowest BCUT2D eigenvalue weighted by molar-refractivity contribution is -0.385. The summed E-state index contributed by atoms with van der Waals surface area (Å²) in [5, 5.41) is 10.6. The van der Waals surface area contributed by atoms with Crippen LogP contribution in [-0.4, -0.2) is 16.8 Å². The fourth-order valence-corrected chi connectivity index (χ4v) is 1.37. The molecule has 17 heavy (non-hydrogen) atoms. The molecule has 1 aromatic rings. The molecule has 0 aliphatic carbocycles. The van der Waals surface area contributed by atoms with Crippen LogP contribution >= 0.6 is 0 Å². The van der Waals surface area contributed by atoms with Crippen molar-refractivity contribution in [1.29, 1.82) is 0 Å². The topological polar surface area (TPSA) is 69.4 Å². The molecule has 0 bridgehead atoms. The highest BCUT2D eigenvalue weighted by atomic mass is 16.6. The first-order valence-corrected chi connectivity index (χ1v) is 5.40. The van der Waals surface area contributed by atoms with Gasteiger partial charge in [0.2, 0.25) is 0 Å². The van der Waals surface area contributed by atoms with Crippen molar-refractivity contribution in [3.8, 4) is 5.75 Å². The lowest BCUT2D eigenvalue weighted by Crippen LogP contribution is -2.23. The summed E-state index contributed by atoms with van der Waals surface area (Å²) in [5.41, 5.74) is 0.730. The van der Waals surface area contributed by atoms with Crippen LogP contribution in [0.15, 0.2) is 18.2 Å². The number of aryl methyl sites for hydroxylation is 1. The van der Waals surface area contributed by atoms with E-state index in [4.69, 9.17) is 4.74 Å². The largest absolute Gasteiger partial charge is 0.482 e. The minimum atomic E-state index is -0.583. The fraction of sp³-hybridized carbons (Fsp3) is 0.417. The predicted octanol–water partition coefficient (Wildman–Crippen LogP) is 2.65. The minimum absolute atomic E-state index is 0.0316. The van der Waals surface area contributed by atoms with Crippen LogP contribution < -0.4 is 4.74 Å². The molecule has 0 aromatic heterocycles. The molecule has 0 radical (unpaired) electrons. The average Bonchev–Trinajstić information content (AvgIpc) is 2.30. The summed E-state index contributed by atoms with van der Waals surface area (Å²) < 4.78 is 5.43. The van der Waals surface area contributed by atoms with E-state index in [1.54, 1.807) is 26.8 Å². The number of ketones is 1. The van der Waals surface area contributed by atoms with Gasteiger partial charge in [-0.05, 0) is 25.5 Å². The van der Waals surface area contributed by atoms with Gasteiger partial charge in [0, 0.05) is 12.5 Å². The summed E-state index contributed by atoms with van der Waals surface area (Å²) in [5.74, 6) is 0.351. The number of Topliss-reactive ketones (excluding diaryl/α,β-unsaturated/α-hetero) is 1. The Morgan fingerprint density at radius 1 is 1.53 bits per heavy atom. The van der Waals surface area contributed by atoms with Crippen molar-refractivity contribution in [2.75, 3.05) is 0 Å². The molecule has 92 valence electrons. The summed E-state index contributed by atoms with van der Waals surface area (Å²) in [6.45, 7) is 5.18. The van der Waals surface area contributed by atoms with Crippen molar-refractivity contribution in [3.63, 3.8) is 0 Å². The number of nitro benzene ring substituents is 1. The van der Waals surface area contributed by atoms with Gasteiger partial charge in [0.05, 0.1) is 11.0 Å². The highest BCUT2D eigenvalue weighted by molar-refractivity contribution is 5.82. The first-order valence-electron chi connectivity index (χ1n) is 5.40. The second-order valence-electron chi connectivity index (χ2n) is 3.79. The van der Waals surface area contributed by atoms with Crippen LogP contribution in [-0.2, 0) is 4.79 Å². The Bertz CT molecular complexity index is 442. The third kappa shape index (κ3) is 3.27. The lowest BCUT2D eigenvalue weighted by Gasteiger charge is -2.14. The van der Waals surface area contributed by atoms with Crippen LogP contribution in [0.25, 0.3) is 0 Å². The number of rotatable bonds is 5. The summed E-state index contributed by atoms with van der Waals surface area (Å²) in [6, 6.07) is 4.36. The highest BCUT2D eigenvalue weighted by Gasteiger charge is 2.16. The molecule has 5 heteroatoms. The van der Waals surface area contributed by atoms with Gasteiger partial charge < -0.3 is 4.74 Å². The number of benzene rings is 1.